The molecule has 0 fully saturated rings. The zero-order valence-electron chi connectivity index (χ0n) is 17.9. The van der Waals surface area contributed by atoms with Crippen LogP contribution >= 0.6 is 11.6 Å². The van der Waals surface area contributed by atoms with Gasteiger partial charge in [0.15, 0.2) is 6.61 Å². The zero-order chi connectivity index (χ0) is 22.1. The average molecular weight is 433 g/mol. The van der Waals surface area contributed by atoms with Gasteiger partial charge in [-0.3, -0.25) is 9.59 Å². The Morgan fingerprint density at radius 1 is 1.10 bits per heavy atom. The van der Waals surface area contributed by atoms with E-state index in [1.165, 1.54) is 0 Å². The molecule has 0 bridgehead atoms. The Bertz CT molecular complexity index is 839. The van der Waals surface area contributed by atoms with Crippen LogP contribution in [0.1, 0.15) is 32.8 Å². The Morgan fingerprint density at radius 2 is 1.80 bits per heavy atom. The number of benzene rings is 2. The number of nitrogens with one attached hydrogen (secondary N) is 1. The summed E-state index contributed by atoms with van der Waals surface area (Å²) in [6, 6.07) is 13.6. The molecule has 7 heteroatoms. The summed E-state index contributed by atoms with van der Waals surface area (Å²) in [5, 5.41) is 3.43. The molecule has 1 atom stereocenters. The summed E-state index contributed by atoms with van der Waals surface area (Å²) in [5.41, 5.74) is 0.891. The first kappa shape index (κ1) is 23.5. The molecule has 0 heterocycles. The lowest BCUT2D eigenvalue weighted by Gasteiger charge is -2.31. The lowest BCUT2D eigenvalue weighted by Crippen LogP contribution is -2.51. The van der Waals surface area contributed by atoms with Crippen LogP contribution in [0.25, 0.3) is 0 Å². The van der Waals surface area contributed by atoms with Gasteiger partial charge in [0, 0.05) is 17.6 Å². The van der Waals surface area contributed by atoms with Gasteiger partial charge in [0.2, 0.25) is 5.91 Å². The van der Waals surface area contributed by atoms with Crippen LogP contribution in [0.3, 0.4) is 0 Å². The molecular formula is C23H29ClN2O4. The Hall–Kier alpha value is -2.73. The van der Waals surface area contributed by atoms with Crippen molar-refractivity contribution in [2.45, 2.75) is 45.8 Å². The van der Waals surface area contributed by atoms with E-state index in [9.17, 15) is 9.59 Å². The highest BCUT2D eigenvalue weighted by Crippen LogP contribution is 2.19. The molecule has 0 saturated heterocycles. The Labute approximate surface area is 183 Å². The normalized spacial score (nSPS) is 11.7. The quantitative estimate of drug-likeness (QED) is 0.614. The zero-order valence-corrected chi connectivity index (χ0v) is 18.6. The second-order valence-electron chi connectivity index (χ2n) is 7.20. The molecule has 162 valence electrons. The molecule has 0 aliphatic carbocycles. The van der Waals surface area contributed by atoms with Crippen LogP contribution in [0.5, 0.6) is 11.5 Å². The van der Waals surface area contributed by atoms with Gasteiger partial charge in [-0.05, 0) is 56.2 Å². The number of nitrogens with zero attached hydrogens (tertiary/aromatic N) is 1. The molecule has 0 unspecified atom stereocenters. The highest BCUT2D eigenvalue weighted by Gasteiger charge is 2.29. The fraction of sp³-hybridized carbons (Fsp3) is 0.391. The molecular weight excluding hydrogens is 404 g/mol. The lowest BCUT2D eigenvalue weighted by molar-refractivity contribution is -0.143. The minimum atomic E-state index is -0.607. The van der Waals surface area contributed by atoms with Crippen molar-refractivity contribution in [3.8, 4) is 11.5 Å². The second-order valence-corrected chi connectivity index (χ2v) is 7.64. The molecule has 2 amide bonds. The summed E-state index contributed by atoms with van der Waals surface area (Å²) in [6.07, 6.45) is 0.484. The minimum Gasteiger partial charge on any atom is -0.497 e. The maximum atomic E-state index is 13.1. The smallest absolute Gasteiger partial charge is 0.261 e. The average Bonchev–Trinajstić information content (AvgIpc) is 2.72. The van der Waals surface area contributed by atoms with E-state index in [4.69, 9.17) is 21.1 Å². The molecule has 0 saturated carbocycles. The predicted octanol–water partition coefficient (Wildman–Crippen LogP) is 4.06. The highest BCUT2D eigenvalue weighted by atomic mass is 35.5. The fourth-order valence-corrected chi connectivity index (χ4v) is 3.19. The number of ether oxygens (including phenoxy) is 2. The third-order valence-corrected chi connectivity index (χ3v) is 4.72. The van der Waals surface area contributed by atoms with Gasteiger partial charge in [-0.2, -0.15) is 0 Å². The summed E-state index contributed by atoms with van der Waals surface area (Å²) in [5.74, 6) is 0.763. The minimum absolute atomic E-state index is 0.0211. The van der Waals surface area contributed by atoms with E-state index >= 15 is 0 Å². The summed E-state index contributed by atoms with van der Waals surface area (Å²) in [4.78, 5) is 27.4. The lowest BCUT2D eigenvalue weighted by atomic mass is 10.1. The van der Waals surface area contributed by atoms with Crippen LogP contribution < -0.4 is 14.8 Å². The molecule has 0 aromatic heterocycles. The SMILES string of the molecule is CC[C@@H](C(=O)NC(C)C)N(Cc1ccc(OC)cc1)C(=O)COc1cccc(Cl)c1. The predicted molar refractivity (Wildman–Crippen MR) is 118 cm³/mol. The third kappa shape index (κ3) is 6.95. The van der Waals surface area contributed by atoms with Crippen LogP contribution in [-0.4, -0.2) is 42.5 Å². The van der Waals surface area contributed by atoms with Crippen molar-refractivity contribution in [1.82, 2.24) is 10.2 Å². The fourth-order valence-electron chi connectivity index (χ4n) is 3.01. The third-order valence-electron chi connectivity index (χ3n) is 4.49. The summed E-state index contributed by atoms with van der Waals surface area (Å²) in [6.45, 7) is 5.76. The topological polar surface area (TPSA) is 67.9 Å². The summed E-state index contributed by atoms with van der Waals surface area (Å²) in [7, 11) is 1.60. The molecule has 30 heavy (non-hydrogen) atoms. The van der Waals surface area contributed by atoms with Crippen molar-refractivity contribution >= 4 is 23.4 Å². The Kier molecular flexibility index (Phi) is 8.99. The van der Waals surface area contributed by atoms with E-state index in [-0.39, 0.29) is 31.0 Å². The number of halogens is 1. The van der Waals surface area contributed by atoms with E-state index in [0.717, 1.165) is 11.3 Å². The monoisotopic (exact) mass is 432 g/mol. The molecule has 0 radical (unpaired) electrons. The molecule has 2 aromatic rings. The number of rotatable bonds is 10. The number of carbonyl (C=O) groups excluding carboxylic acids is 2. The first-order valence-corrected chi connectivity index (χ1v) is 10.3. The molecule has 0 aliphatic rings. The van der Waals surface area contributed by atoms with E-state index < -0.39 is 6.04 Å². The van der Waals surface area contributed by atoms with Crippen molar-refractivity contribution in [3.63, 3.8) is 0 Å². The number of amides is 2. The van der Waals surface area contributed by atoms with Crippen molar-refractivity contribution in [2.24, 2.45) is 0 Å². The van der Waals surface area contributed by atoms with Gasteiger partial charge in [0.05, 0.1) is 7.11 Å². The van der Waals surface area contributed by atoms with Gasteiger partial charge < -0.3 is 19.7 Å². The maximum Gasteiger partial charge on any atom is 0.261 e. The summed E-state index contributed by atoms with van der Waals surface area (Å²) >= 11 is 5.98. The van der Waals surface area contributed by atoms with Gasteiger partial charge >= 0.3 is 0 Å². The van der Waals surface area contributed by atoms with Gasteiger partial charge in [-0.1, -0.05) is 36.7 Å². The van der Waals surface area contributed by atoms with Crippen molar-refractivity contribution in [3.05, 3.63) is 59.1 Å². The van der Waals surface area contributed by atoms with Crippen LogP contribution in [-0.2, 0) is 16.1 Å². The van der Waals surface area contributed by atoms with Gasteiger partial charge in [-0.25, -0.2) is 0 Å². The standard InChI is InChI=1S/C23H29ClN2O4/c1-5-21(23(28)25-16(2)3)26(14-17-9-11-19(29-4)12-10-17)22(27)15-30-20-8-6-7-18(24)13-20/h6-13,16,21H,5,14-15H2,1-4H3,(H,25,28)/t21-/m0/s1. The molecule has 1 N–H and O–H groups in total. The Balaban J connectivity index is 2.20. The second kappa shape index (κ2) is 11.5. The van der Waals surface area contributed by atoms with E-state index in [1.54, 1.807) is 36.3 Å². The van der Waals surface area contributed by atoms with Crippen LogP contribution in [0, 0.1) is 0 Å². The number of methoxy groups -OCH3 is 1. The van der Waals surface area contributed by atoms with Crippen molar-refractivity contribution in [2.75, 3.05) is 13.7 Å². The van der Waals surface area contributed by atoms with E-state index in [2.05, 4.69) is 5.32 Å². The molecule has 0 spiro atoms. The first-order valence-electron chi connectivity index (χ1n) is 9.95. The largest absolute Gasteiger partial charge is 0.497 e. The number of hydrogen-bond donors (Lipinski definition) is 1. The van der Waals surface area contributed by atoms with Gasteiger partial charge in [0.1, 0.15) is 17.5 Å². The maximum absolute atomic E-state index is 13.1. The molecule has 6 nitrogen and oxygen atoms in total. The van der Waals surface area contributed by atoms with Gasteiger partial charge in [-0.15, -0.1) is 0 Å². The molecule has 2 aromatic carbocycles. The number of hydrogen-bond acceptors (Lipinski definition) is 4. The molecule has 2 rings (SSSR count). The van der Waals surface area contributed by atoms with Crippen LogP contribution in [0.4, 0.5) is 0 Å². The Morgan fingerprint density at radius 3 is 2.37 bits per heavy atom. The van der Waals surface area contributed by atoms with Crippen molar-refractivity contribution in [1.29, 1.82) is 0 Å². The van der Waals surface area contributed by atoms with Gasteiger partial charge in [0.25, 0.3) is 5.91 Å². The first-order chi connectivity index (χ1) is 14.3. The van der Waals surface area contributed by atoms with Crippen LogP contribution in [0.15, 0.2) is 48.5 Å². The number of carbonyl (C=O) groups is 2. The van der Waals surface area contributed by atoms with E-state index in [1.807, 2.05) is 45.0 Å². The van der Waals surface area contributed by atoms with E-state index in [0.29, 0.717) is 17.2 Å². The highest BCUT2D eigenvalue weighted by molar-refractivity contribution is 6.30. The van der Waals surface area contributed by atoms with Crippen molar-refractivity contribution < 1.29 is 19.1 Å². The summed E-state index contributed by atoms with van der Waals surface area (Å²) < 4.78 is 10.8. The molecule has 0 aliphatic heterocycles. The van der Waals surface area contributed by atoms with Crippen LogP contribution in [0.2, 0.25) is 5.02 Å².